The molecule has 252 valence electrons. The number of carbonyl (C=O) groups excluding carboxylic acids is 1. The number of benzene rings is 2. The van der Waals surface area contributed by atoms with Gasteiger partial charge < -0.3 is 29.9 Å². The van der Waals surface area contributed by atoms with E-state index in [2.05, 4.69) is 36.8 Å². The fraction of sp³-hybridized carbons (Fsp3) is 0.294. The third kappa shape index (κ3) is 7.40. The molecule has 3 aromatic heterocycles. The van der Waals surface area contributed by atoms with Crippen molar-refractivity contribution < 1.29 is 23.0 Å². The van der Waals surface area contributed by atoms with Crippen LogP contribution >= 0.6 is 0 Å². The number of rotatable bonds is 10. The van der Waals surface area contributed by atoms with Gasteiger partial charge in [0.25, 0.3) is 5.92 Å². The third-order valence-corrected chi connectivity index (χ3v) is 7.90. The Kier molecular flexibility index (Phi) is 9.34. The van der Waals surface area contributed by atoms with Crippen LogP contribution in [0.4, 0.5) is 25.8 Å². The number of ether oxygens (including phenoxy) is 2. The smallest absolute Gasteiger partial charge is 0.296 e. The van der Waals surface area contributed by atoms with E-state index in [1.165, 1.54) is 29.4 Å². The van der Waals surface area contributed by atoms with E-state index in [9.17, 15) is 10.1 Å². The zero-order valence-corrected chi connectivity index (χ0v) is 27.3. The summed E-state index contributed by atoms with van der Waals surface area (Å²) < 4.78 is 44.4. The number of fused-ring (bicyclic) bond motifs is 2. The molecule has 1 amide bonds. The van der Waals surface area contributed by atoms with Crippen molar-refractivity contribution in [3.63, 3.8) is 0 Å². The molecule has 6 rings (SSSR count). The number of pyridine rings is 1. The molecule has 0 spiro atoms. The molecule has 0 saturated carbocycles. The van der Waals surface area contributed by atoms with Gasteiger partial charge >= 0.3 is 0 Å². The molecule has 1 atom stereocenters. The zero-order valence-electron chi connectivity index (χ0n) is 27.3. The fourth-order valence-corrected chi connectivity index (χ4v) is 5.48. The summed E-state index contributed by atoms with van der Waals surface area (Å²) in [5.74, 6) is -2.81. The Labute approximate surface area is 280 Å². The minimum Gasteiger partial charge on any atom is -0.481 e. The Bertz CT molecular complexity index is 2090. The van der Waals surface area contributed by atoms with Crippen LogP contribution in [0.5, 0.6) is 17.4 Å². The summed E-state index contributed by atoms with van der Waals surface area (Å²) >= 11 is 0. The number of nitriles is 1. The number of aryl methyl sites for hydroxylation is 1. The fourth-order valence-electron chi connectivity index (χ4n) is 5.48. The topological polar surface area (TPSA) is 146 Å². The predicted octanol–water partition coefficient (Wildman–Crippen LogP) is 5.16. The first-order chi connectivity index (χ1) is 23.5. The number of hydrogen-bond acceptors (Lipinski definition) is 11. The second kappa shape index (κ2) is 13.8. The van der Waals surface area contributed by atoms with Gasteiger partial charge in [0.15, 0.2) is 17.5 Å². The van der Waals surface area contributed by atoms with Gasteiger partial charge in [0.1, 0.15) is 24.5 Å². The molecule has 1 unspecified atom stereocenters. The summed E-state index contributed by atoms with van der Waals surface area (Å²) in [6, 6.07) is 12.3. The number of likely N-dealkylation sites (tertiary alicyclic amines) is 1. The number of carbonyl (C=O) groups is 1. The number of halogens is 2. The average molecular weight is 669 g/mol. The molecule has 1 saturated heterocycles. The maximum Gasteiger partial charge on any atom is 0.296 e. The van der Waals surface area contributed by atoms with Crippen LogP contribution in [0.2, 0.25) is 0 Å². The van der Waals surface area contributed by atoms with Gasteiger partial charge in [0.2, 0.25) is 11.8 Å². The van der Waals surface area contributed by atoms with Gasteiger partial charge in [-0.15, -0.1) is 0 Å². The first-order valence-electron chi connectivity index (χ1n) is 15.4. The van der Waals surface area contributed by atoms with Crippen molar-refractivity contribution in [2.24, 2.45) is 0 Å². The maximum absolute atomic E-state index is 15.4. The summed E-state index contributed by atoms with van der Waals surface area (Å²) in [6.45, 7) is 2.28. The van der Waals surface area contributed by atoms with E-state index in [1.807, 2.05) is 32.0 Å². The zero-order chi connectivity index (χ0) is 34.7. The summed E-state index contributed by atoms with van der Waals surface area (Å²) in [4.78, 5) is 29.2. The highest BCUT2D eigenvalue weighted by molar-refractivity contribution is 6.07. The standard InChI is InChI=1S/C34H34F2N10O3/c1-21-14-23(7-10-26(21)48-30-15-28-39-19-41-46(28)20-40-30)42-32-22(16-37)17-38-24-8-9-25(43-29(47)6-5-12-44(2)3)33(31(24)32)49-27-11-13-45(4)18-34(27,35)36/h5-10,14-15,17,19-20,27H,11-13,18H2,1-4H3,(H,38,42)(H,43,47)/b6-5+. The Hall–Kier alpha value is -5.72. The number of hydrogen-bond donors (Lipinski definition) is 2. The Morgan fingerprint density at radius 2 is 2.04 bits per heavy atom. The second-order valence-electron chi connectivity index (χ2n) is 12.0. The number of amides is 1. The Morgan fingerprint density at radius 3 is 2.80 bits per heavy atom. The molecule has 1 aliphatic rings. The second-order valence-corrected chi connectivity index (χ2v) is 12.0. The van der Waals surface area contributed by atoms with Crippen LogP contribution in [0.3, 0.4) is 0 Å². The number of alkyl halides is 2. The number of likely N-dealkylation sites (N-methyl/N-ethyl adjacent to an activating group) is 1. The summed E-state index contributed by atoms with van der Waals surface area (Å²) in [6.07, 6.45) is 5.93. The van der Waals surface area contributed by atoms with E-state index in [1.54, 1.807) is 48.4 Å². The Balaban J connectivity index is 1.39. The third-order valence-electron chi connectivity index (χ3n) is 7.90. The lowest BCUT2D eigenvalue weighted by molar-refractivity contribution is -0.134. The van der Waals surface area contributed by atoms with Crippen LogP contribution in [0.25, 0.3) is 16.6 Å². The SMILES string of the molecule is Cc1cc(Nc2c(C#N)cnc3ccc(NC(=O)/C=C/CN(C)C)c(OC4CCN(C)CC4(F)F)c23)ccc1Oc1cc2ncnn2cn1. The molecule has 0 radical (unpaired) electrons. The largest absolute Gasteiger partial charge is 0.481 e. The summed E-state index contributed by atoms with van der Waals surface area (Å²) in [5.41, 5.74) is 2.86. The average Bonchev–Trinajstić information content (AvgIpc) is 3.52. The maximum atomic E-state index is 15.4. The highest BCUT2D eigenvalue weighted by Gasteiger charge is 2.46. The van der Waals surface area contributed by atoms with Crippen molar-refractivity contribution in [1.82, 2.24) is 34.4 Å². The molecule has 49 heavy (non-hydrogen) atoms. The predicted molar refractivity (Wildman–Crippen MR) is 180 cm³/mol. The molecule has 0 aliphatic carbocycles. The monoisotopic (exact) mass is 668 g/mol. The number of nitrogens with one attached hydrogen (secondary N) is 2. The Morgan fingerprint density at radius 1 is 1.20 bits per heavy atom. The van der Waals surface area contributed by atoms with Crippen molar-refractivity contribution in [3.8, 4) is 23.4 Å². The van der Waals surface area contributed by atoms with E-state index in [-0.39, 0.29) is 34.5 Å². The molecule has 1 aliphatic heterocycles. The van der Waals surface area contributed by atoms with Crippen molar-refractivity contribution in [2.75, 3.05) is 51.4 Å². The van der Waals surface area contributed by atoms with Crippen LogP contribution in [0.1, 0.15) is 17.5 Å². The van der Waals surface area contributed by atoms with Gasteiger partial charge in [-0.3, -0.25) is 9.78 Å². The quantitative estimate of drug-likeness (QED) is 0.190. The molecule has 2 aromatic carbocycles. The van der Waals surface area contributed by atoms with Gasteiger partial charge in [0.05, 0.1) is 34.4 Å². The van der Waals surface area contributed by atoms with E-state index in [0.717, 1.165) is 5.56 Å². The van der Waals surface area contributed by atoms with Crippen LogP contribution < -0.4 is 20.1 Å². The van der Waals surface area contributed by atoms with Crippen LogP contribution in [0, 0.1) is 18.3 Å². The molecule has 0 bridgehead atoms. The molecule has 2 N–H and O–H groups in total. The normalized spacial score (nSPS) is 16.2. The van der Waals surface area contributed by atoms with Crippen LogP contribution in [-0.2, 0) is 4.79 Å². The lowest BCUT2D eigenvalue weighted by Crippen LogP contribution is -2.52. The lowest BCUT2D eigenvalue weighted by atomic mass is 10.0. The van der Waals surface area contributed by atoms with Crippen molar-refractivity contribution in [1.29, 1.82) is 5.26 Å². The molecule has 1 fully saturated rings. The van der Waals surface area contributed by atoms with E-state index < -0.39 is 24.5 Å². The van der Waals surface area contributed by atoms with Gasteiger partial charge in [-0.25, -0.2) is 23.3 Å². The molecule has 13 nitrogen and oxygen atoms in total. The van der Waals surface area contributed by atoms with Crippen molar-refractivity contribution in [2.45, 2.75) is 25.4 Å². The van der Waals surface area contributed by atoms with Gasteiger partial charge in [-0.1, -0.05) is 6.08 Å². The lowest BCUT2D eigenvalue weighted by Gasteiger charge is -2.37. The van der Waals surface area contributed by atoms with Crippen molar-refractivity contribution >= 4 is 39.5 Å². The van der Waals surface area contributed by atoms with E-state index in [4.69, 9.17) is 9.47 Å². The van der Waals surface area contributed by atoms with Crippen molar-refractivity contribution in [3.05, 3.63) is 78.5 Å². The summed E-state index contributed by atoms with van der Waals surface area (Å²) in [7, 11) is 5.36. The molecule has 5 aromatic rings. The summed E-state index contributed by atoms with van der Waals surface area (Å²) in [5, 5.41) is 20.5. The highest BCUT2D eigenvalue weighted by Crippen LogP contribution is 2.43. The van der Waals surface area contributed by atoms with Crippen LogP contribution in [-0.4, -0.2) is 93.1 Å². The molecule has 4 heterocycles. The first-order valence-corrected chi connectivity index (χ1v) is 15.4. The first kappa shape index (κ1) is 33.2. The van der Waals surface area contributed by atoms with Gasteiger partial charge in [-0.2, -0.15) is 10.4 Å². The molecular formula is C34H34F2N10O3. The highest BCUT2D eigenvalue weighted by atomic mass is 19.3. The van der Waals surface area contributed by atoms with E-state index in [0.29, 0.717) is 41.6 Å². The minimum atomic E-state index is -3.18. The van der Waals surface area contributed by atoms with Crippen LogP contribution in [0.15, 0.2) is 67.4 Å². The van der Waals surface area contributed by atoms with Gasteiger partial charge in [-0.05, 0) is 64.0 Å². The number of piperidine rings is 1. The molecule has 15 heteroatoms. The number of anilines is 3. The number of nitrogens with zero attached hydrogens (tertiary/aromatic N) is 8. The van der Waals surface area contributed by atoms with E-state index >= 15 is 8.78 Å². The molecular weight excluding hydrogens is 634 g/mol. The number of aromatic nitrogens is 5. The van der Waals surface area contributed by atoms with Gasteiger partial charge in [0, 0.05) is 43.5 Å². The minimum absolute atomic E-state index is 0.0141.